The van der Waals surface area contributed by atoms with Crippen LogP contribution in [0.2, 0.25) is 0 Å². The minimum absolute atomic E-state index is 0.942. The molecule has 13 heavy (non-hydrogen) atoms. The van der Waals surface area contributed by atoms with Crippen LogP contribution >= 0.6 is 15.9 Å². The van der Waals surface area contributed by atoms with Crippen LogP contribution in [0.3, 0.4) is 0 Å². The maximum absolute atomic E-state index is 4.11. The van der Waals surface area contributed by atoms with E-state index in [4.69, 9.17) is 0 Å². The number of pyridine rings is 1. The molecule has 0 bridgehead atoms. The third-order valence-corrected chi connectivity index (χ3v) is 2.79. The van der Waals surface area contributed by atoms with E-state index in [2.05, 4.69) is 40.8 Å². The number of rotatable bonds is 3. The minimum Gasteiger partial charge on any atom is -0.264 e. The van der Waals surface area contributed by atoms with Gasteiger partial charge in [0, 0.05) is 17.7 Å². The Morgan fingerprint density at radius 3 is 2.92 bits per heavy atom. The molecule has 1 aromatic heterocycles. The highest BCUT2D eigenvalue weighted by Crippen LogP contribution is 2.14. The highest BCUT2D eigenvalue weighted by atomic mass is 79.9. The van der Waals surface area contributed by atoms with Gasteiger partial charge < -0.3 is 0 Å². The lowest BCUT2D eigenvalue weighted by atomic mass is 10.1. The Hall–Kier alpha value is -0.630. The van der Waals surface area contributed by atoms with Gasteiger partial charge in [-0.15, -0.1) is 0 Å². The van der Waals surface area contributed by atoms with Crippen molar-refractivity contribution in [2.24, 2.45) is 0 Å². The fourth-order valence-electron chi connectivity index (χ4n) is 1.08. The van der Waals surface area contributed by atoms with Crippen LogP contribution in [0.25, 0.3) is 6.08 Å². The Kier molecular flexibility index (Phi) is 4.16. The molecule has 1 nitrogen and oxygen atoms in total. The van der Waals surface area contributed by atoms with Gasteiger partial charge in [0.25, 0.3) is 0 Å². The molecule has 0 saturated heterocycles. The lowest BCUT2D eigenvalue weighted by molar-refractivity contribution is 1.12. The summed E-state index contributed by atoms with van der Waals surface area (Å²) in [4.78, 5) is 4.11. The molecular formula is C11H14BrN. The number of hydrogen-bond acceptors (Lipinski definition) is 1. The molecule has 70 valence electrons. The highest BCUT2D eigenvalue weighted by Gasteiger charge is 1.96. The van der Waals surface area contributed by atoms with Crippen LogP contribution < -0.4 is 0 Å². The van der Waals surface area contributed by atoms with E-state index in [0.29, 0.717) is 0 Å². The molecule has 0 spiro atoms. The average Bonchev–Trinajstić information content (AvgIpc) is 2.17. The predicted molar refractivity (Wildman–Crippen MR) is 61.0 cm³/mol. The molecule has 0 aromatic carbocycles. The molecule has 0 aliphatic heterocycles. The molecule has 1 aromatic rings. The molecule has 0 aliphatic rings. The summed E-state index contributed by atoms with van der Waals surface area (Å²) in [5.74, 6) is 0. The van der Waals surface area contributed by atoms with Gasteiger partial charge in [-0.05, 0) is 30.5 Å². The maximum Gasteiger partial charge on any atom is 0.0342 e. The van der Waals surface area contributed by atoms with E-state index in [9.17, 15) is 0 Å². The summed E-state index contributed by atoms with van der Waals surface area (Å²) in [6.07, 6.45) is 7.02. The van der Waals surface area contributed by atoms with Gasteiger partial charge in [-0.3, -0.25) is 4.98 Å². The van der Waals surface area contributed by atoms with Crippen LogP contribution in [-0.2, 0) is 0 Å². The van der Waals surface area contributed by atoms with Crippen LogP contribution in [0.5, 0.6) is 0 Å². The average molecular weight is 240 g/mol. The Bertz CT molecular complexity index is 299. The second-order valence-corrected chi connectivity index (χ2v) is 3.58. The Morgan fingerprint density at radius 1 is 1.62 bits per heavy atom. The zero-order chi connectivity index (χ0) is 9.68. The number of aromatic nitrogens is 1. The molecule has 0 radical (unpaired) electrons. The summed E-state index contributed by atoms with van der Waals surface area (Å²) in [7, 11) is 0. The molecule has 0 N–H and O–H groups in total. The van der Waals surface area contributed by atoms with Crippen molar-refractivity contribution in [1.82, 2.24) is 4.98 Å². The first-order chi connectivity index (χ1) is 6.27. The van der Waals surface area contributed by atoms with E-state index >= 15 is 0 Å². The summed E-state index contributed by atoms with van der Waals surface area (Å²) in [6.45, 7) is 4.27. The number of halogens is 1. The van der Waals surface area contributed by atoms with Gasteiger partial charge >= 0.3 is 0 Å². The molecule has 2 heteroatoms. The van der Waals surface area contributed by atoms with Gasteiger partial charge in [-0.2, -0.15) is 0 Å². The second kappa shape index (κ2) is 5.18. The summed E-state index contributed by atoms with van der Waals surface area (Å²) in [5.41, 5.74) is 3.90. The van der Waals surface area contributed by atoms with Gasteiger partial charge in [-0.1, -0.05) is 34.5 Å². The normalized spacial score (nSPS) is 11.8. The van der Waals surface area contributed by atoms with Crippen molar-refractivity contribution in [2.45, 2.75) is 20.3 Å². The molecule has 0 saturated carbocycles. The molecule has 0 aliphatic carbocycles. The van der Waals surface area contributed by atoms with Crippen LogP contribution in [0.4, 0.5) is 0 Å². The molecule has 1 heterocycles. The van der Waals surface area contributed by atoms with Crippen molar-refractivity contribution in [3.05, 3.63) is 35.2 Å². The van der Waals surface area contributed by atoms with E-state index < -0.39 is 0 Å². The Morgan fingerprint density at radius 2 is 2.38 bits per heavy atom. The van der Waals surface area contributed by atoms with Crippen LogP contribution in [-0.4, -0.2) is 10.3 Å². The van der Waals surface area contributed by atoms with Crippen molar-refractivity contribution < 1.29 is 0 Å². The van der Waals surface area contributed by atoms with Crippen molar-refractivity contribution in [2.75, 3.05) is 5.33 Å². The standard InChI is InChI=1S/C11H14BrN/c1-3-10(7-12)6-11-8-13-5-4-9(11)2/h4-6,8H,3,7H2,1-2H3/b10-6-. The minimum atomic E-state index is 0.942. The first-order valence-electron chi connectivity index (χ1n) is 4.44. The third kappa shape index (κ3) is 2.96. The van der Waals surface area contributed by atoms with Gasteiger partial charge in [0.05, 0.1) is 0 Å². The molecular weight excluding hydrogens is 226 g/mol. The first kappa shape index (κ1) is 10.5. The van der Waals surface area contributed by atoms with Gasteiger partial charge in [-0.25, -0.2) is 0 Å². The van der Waals surface area contributed by atoms with Gasteiger partial charge in [0.1, 0.15) is 0 Å². The van der Waals surface area contributed by atoms with E-state index in [0.717, 1.165) is 11.8 Å². The quantitative estimate of drug-likeness (QED) is 0.736. The smallest absolute Gasteiger partial charge is 0.0342 e. The Balaban J connectivity index is 2.95. The third-order valence-electron chi connectivity index (χ3n) is 2.06. The fourth-order valence-corrected chi connectivity index (χ4v) is 1.64. The second-order valence-electron chi connectivity index (χ2n) is 3.02. The van der Waals surface area contributed by atoms with E-state index in [1.165, 1.54) is 16.7 Å². The largest absolute Gasteiger partial charge is 0.264 e. The summed E-state index contributed by atoms with van der Waals surface area (Å²) >= 11 is 3.47. The van der Waals surface area contributed by atoms with Crippen molar-refractivity contribution >= 4 is 22.0 Å². The summed E-state index contributed by atoms with van der Waals surface area (Å²) in [6, 6.07) is 2.04. The zero-order valence-corrected chi connectivity index (χ0v) is 9.63. The first-order valence-corrected chi connectivity index (χ1v) is 5.56. The highest BCUT2D eigenvalue weighted by molar-refractivity contribution is 9.09. The molecule has 1 rings (SSSR count). The number of hydrogen-bond donors (Lipinski definition) is 0. The topological polar surface area (TPSA) is 12.9 Å². The maximum atomic E-state index is 4.11. The summed E-state index contributed by atoms with van der Waals surface area (Å²) in [5, 5.41) is 0.942. The number of aryl methyl sites for hydroxylation is 1. The van der Waals surface area contributed by atoms with Crippen molar-refractivity contribution in [3.8, 4) is 0 Å². The van der Waals surface area contributed by atoms with E-state index in [1.54, 1.807) is 0 Å². The van der Waals surface area contributed by atoms with Gasteiger partial charge in [0.2, 0.25) is 0 Å². The van der Waals surface area contributed by atoms with Crippen molar-refractivity contribution in [1.29, 1.82) is 0 Å². The number of alkyl halides is 1. The Labute approximate surface area is 88.0 Å². The summed E-state index contributed by atoms with van der Waals surface area (Å²) < 4.78 is 0. The number of allylic oxidation sites excluding steroid dienone is 1. The SMILES string of the molecule is CC/C(=C/c1cnccc1C)CBr. The van der Waals surface area contributed by atoms with Crippen LogP contribution in [0.1, 0.15) is 24.5 Å². The zero-order valence-electron chi connectivity index (χ0n) is 8.05. The van der Waals surface area contributed by atoms with Crippen LogP contribution in [0.15, 0.2) is 24.0 Å². The van der Waals surface area contributed by atoms with Gasteiger partial charge in [0.15, 0.2) is 0 Å². The lowest BCUT2D eigenvalue weighted by Crippen LogP contribution is -1.86. The van der Waals surface area contributed by atoms with Crippen LogP contribution in [0, 0.1) is 6.92 Å². The fraction of sp³-hybridized carbons (Fsp3) is 0.364. The molecule has 0 amide bonds. The molecule has 0 fully saturated rings. The molecule has 0 atom stereocenters. The van der Waals surface area contributed by atoms with E-state index in [-0.39, 0.29) is 0 Å². The molecule has 0 unspecified atom stereocenters. The number of nitrogens with zero attached hydrogens (tertiary/aromatic N) is 1. The van der Waals surface area contributed by atoms with Crippen molar-refractivity contribution in [3.63, 3.8) is 0 Å². The monoisotopic (exact) mass is 239 g/mol. The lowest BCUT2D eigenvalue weighted by Gasteiger charge is -2.02. The van der Waals surface area contributed by atoms with E-state index in [1.807, 2.05) is 18.5 Å². The predicted octanol–water partition coefficient (Wildman–Crippen LogP) is 3.58.